The van der Waals surface area contributed by atoms with Crippen molar-refractivity contribution in [3.8, 4) is 0 Å². The fourth-order valence-corrected chi connectivity index (χ4v) is 1.42. The van der Waals surface area contributed by atoms with Crippen molar-refractivity contribution >= 4 is 42.6 Å². The van der Waals surface area contributed by atoms with E-state index in [4.69, 9.17) is 31.9 Å². The van der Waals surface area contributed by atoms with Crippen molar-refractivity contribution < 1.29 is 41.9 Å². The number of anilines is 3. The van der Waals surface area contributed by atoms with Crippen LogP contribution in [-0.4, -0.2) is 49.5 Å². The van der Waals surface area contributed by atoms with E-state index in [1.54, 1.807) is 20.8 Å². The van der Waals surface area contributed by atoms with Gasteiger partial charge < -0.3 is 17.2 Å². The molecule has 27 heavy (non-hydrogen) atoms. The Hall–Kier alpha value is -1.53. The zero-order valence-electron chi connectivity index (χ0n) is 14.8. The van der Waals surface area contributed by atoms with Gasteiger partial charge in [0.2, 0.25) is 17.8 Å². The molecule has 0 amide bonds. The van der Waals surface area contributed by atoms with Gasteiger partial charge >= 0.3 is 24.8 Å². The number of hydrogen-bond acceptors (Lipinski definition) is 12. The van der Waals surface area contributed by atoms with Crippen LogP contribution in [0.3, 0.4) is 0 Å². The molecule has 1 rings (SSSR count). The van der Waals surface area contributed by atoms with Crippen LogP contribution >= 0.6 is 24.8 Å². The zero-order valence-corrected chi connectivity index (χ0v) is 17.5. The van der Waals surface area contributed by atoms with Crippen LogP contribution in [0.1, 0.15) is 20.8 Å². The average molecular weight is 453 g/mol. The first-order valence-corrected chi connectivity index (χ1v) is 10.3. The summed E-state index contributed by atoms with van der Waals surface area (Å²) in [7, 11) is -7.05. The highest BCUT2D eigenvalue weighted by molar-refractivity contribution is 7.32. The molecule has 3 atom stereocenters. The van der Waals surface area contributed by atoms with Gasteiger partial charge in [0.25, 0.3) is 0 Å². The molecule has 0 bridgehead atoms. The monoisotopic (exact) mass is 453 g/mol. The Morgan fingerprint density at radius 3 is 0.926 bits per heavy atom. The molecule has 0 aliphatic carbocycles. The fraction of sp³-hybridized carbons (Fsp3) is 0.667. The molecule has 3 unspecified atom stereocenters. The summed E-state index contributed by atoms with van der Waals surface area (Å²) in [6.45, 7) is 5.86. The van der Waals surface area contributed by atoms with Crippen molar-refractivity contribution in [1.82, 2.24) is 15.0 Å². The molecule has 156 valence electrons. The van der Waals surface area contributed by atoms with Gasteiger partial charge in [-0.2, -0.15) is 15.0 Å². The Kier molecular flexibility index (Phi) is 23.2. The van der Waals surface area contributed by atoms with Crippen LogP contribution in [-0.2, 0) is 27.3 Å². The molecular formula is C9H24N6O9P3+3. The van der Waals surface area contributed by atoms with Crippen molar-refractivity contribution in [2.75, 3.05) is 37.0 Å². The van der Waals surface area contributed by atoms with E-state index in [9.17, 15) is 13.7 Å². The quantitative estimate of drug-likeness (QED) is 0.323. The fourth-order valence-electron chi connectivity index (χ4n) is 0.758. The lowest BCUT2D eigenvalue weighted by atomic mass is 10.9. The van der Waals surface area contributed by atoms with Crippen molar-refractivity contribution in [1.29, 1.82) is 0 Å². The highest BCUT2D eigenvalue weighted by Gasteiger charge is 2.07. The maximum Gasteiger partial charge on any atom is 0.694 e. The van der Waals surface area contributed by atoms with Gasteiger partial charge in [-0.15, -0.1) is 28.3 Å². The Bertz CT molecular complexity index is 479. The third-order valence-electron chi connectivity index (χ3n) is 1.41. The van der Waals surface area contributed by atoms with Gasteiger partial charge in [0, 0.05) is 13.7 Å². The summed E-state index contributed by atoms with van der Waals surface area (Å²) in [4.78, 5) is 34.0. The summed E-state index contributed by atoms with van der Waals surface area (Å²) >= 11 is 0. The van der Waals surface area contributed by atoms with Crippen LogP contribution in [0.5, 0.6) is 0 Å². The third kappa shape index (κ3) is 32.6. The van der Waals surface area contributed by atoms with Crippen LogP contribution in [0.2, 0.25) is 0 Å². The number of nitrogens with two attached hydrogens (primary N) is 3. The normalized spacial score (nSPS) is 10.7. The molecular weight excluding hydrogens is 429 g/mol. The maximum absolute atomic E-state index is 9.53. The van der Waals surface area contributed by atoms with Crippen LogP contribution in [0.4, 0.5) is 17.8 Å². The molecule has 18 heteroatoms. The summed E-state index contributed by atoms with van der Waals surface area (Å²) in [6.07, 6.45) is 0. The van der Waals surface area contributed by atoms with E-state index in [0.29, 0.717) is 19.8 Å². The molecule has 0 aliphatic heterocycles. The largest absolute Gasteiger partial charge is 0.694 e. The minimum absolute atomic E-state index is 0.0417. The second-order valence-electron chi connectivity index (χ2n) is 3.38. The lowest BCUT2D eigenvalue weighted by Crippen LogP contribution is -2.05. The predicted molar refractivity (Wildman–Crippen MR) is 97.4 cm³/mol. The molecule has 1 aromatic rings. The number of nitrogens with zero attached hydrogens (tertiary/aromatic N) is 3. The first-order valence-electron chi connectivity index (χ1n) is 6.89. The van der Waals surface area contributed by atoms with Gasteiger partial charge in [0.1, 0.15) is 19.8 Å². The molecule has 0 radical (unpaired) electrons. The van der Waals surface area contributed by atoms with Gasteiger partial charge in [-0.05, 0) is 20.8 Å². The van der Waals surface area contributed by atoms with Crippen LogP contribution in [0, 0.1) is 0 Å². The molecule has 0 aliphatic rings. The Balaban J connectivity index is -0.000000291. The molecule has 0 fully saturated rings. The molecule has 15 nitrogen and oxygen atoms in total. The minimum atomic E-state index is -2.35. The van der Waals surface area contributed by atoms with Crippen molar-refractivity contribution in [3.63, 3.8) is 0 Å². The van der Waals surface area contributed by atoms with E-state index in [1.165, 1.54) is 0 Å². The smallest absolute Gasteiger partial charge is 0.368 e. The number of hydrogen-bond donors (Lipinski definition) is 6. The van der Waals surface area contributed by atoms with E-state index < -0.39 is 24.8 Å². The second kappa shape index (κ2) is 20.8. The first-order chi connectivity index (χ1) is 12.5. The topological polar surface area (TPSA) is 256 Å². The predicted octanol–water partition coefficient (Wildman–Crippen LogP) is 0.636. The summed E-state index contributed by atoms with van der Waals surface area (Å²) in [5.74, 6) is 0.125. The minimum Gasteiger partial charge on any atom is -0.368 e. The van der Waals surface area contributed by atoms with E-state index in [0.717, 1.165) is 0 Å². The van der Waals surface area contributed by atoms with Crippen molar-refractivity contribution in [3.05, 3.63) is 0 Å². The molecule has 1 heterocycles. The highest BCUT2D eigenvalue weighted by atomic mass is 31.1. The lowest BCUT2D eigenvalue weighted by molar-refractivity contribution is 0.296. The summed E-state index contributed by atoms with van der Waals surface area (Å²) < 4.78 is 40.9. The van der Waals surface area contributed by atoms with Gasteiger partial charge in [0.05, 0.1) is 0 Å². The summed E-state index contributed by atoms with van der Waals surface area (Å²) in [6, 6.07) is 0. The maximum atomic E-state index is 9.53. The summed E-state index contributed by atoms with van der Waals surface area (Å²) in [5, 5.41) is 0. The molecule has 0 spiro atoms. The lowest BCUT2D eigenvalue weighted by Gasteiger charge is -1.93. The second-order valence-corrected chi connectivity index (χ2v) is 5.58. The number of aromatic nitrogens is 3. The van der Waals surface area contributed by atoms with Crippen LogP contribution in [0.25, 0.3) is 0 Å². The molecule has 9 N–H and O–H groups in total. The standard InChI is InChI=1S/C3H6N6.3C2H5O3P/c4-1-7-2(5)9-3(6)8-1;3*1-2-5-6(3)4/h(H6,4,5,6,7,8,9);3*2H2,1H3/p+3. The van der Waals surface area contributed by atoms with Gasteiger partial charge in [-0.1, -0.05) is 0 Å². The highest BCUT2D eigenvalue weighted by Crippen LogP contribution is 2.13. The Labute approximate surface area is 158 Å². The average Bonchev–Trinajstić information content (AvgIpc) is 2.47. The van der Waals surface area contributed by atoms with E-state index in [2.05, 4.69) is 28.5 Å². The first kappa shape index (κ1) is 30.2. The van der Waals surface area contributed by atoms with Gasteiger partial charge in [0.15, 0.2) is 0 Å². The van der Waals surface area contributed by atoms with Crippen LogP contribution in [0.15, 0.2) is 0 Å². The molecule has 0 saturated heterocycles. The Morgan fingerprint density at radius 2 is 0.852 bits per heavy atom. The number of rotatable bonds is 6. The van der Waals surface area contributed by atoms with E-state index in [-0.39, 0.29) is 17.8 Å². The summed E-state index contributed by atoms with van der Waals surface area (Å²) in [5.41, 5.74) is 15.4. The third-order valence-corrected chi connectivity index (χ3v) is 2.84. The SMILES string of the molecule is CCO[P+](=O)O.CCO[P+](=O)O.CCO[P+](=O)O.Nc1nc(N)nc(N)n1. The molecule has 1 aromatic heterocycles. The van der Waals surface area contributed by atoms with E-state index in [1.807, 2.05) is 0 Å². The number of nitrogen functional groups attached to an aromatic ring is 3. The molecule has 0 saturated carbocycles. The zero-order chi connectivity index (χ0) is 21.8. The molecule has 0 aromatic carbocycles. The van der Waals surface area contributed by atoms with E-state index >= 15 is 0 Å². The van der Waals surface area contributed by atoms with Crippen molar-refractivity contribution in [2.24, 2.45) is 0 Å². The van der Waals surface area contributed by atoms with Gasteiger partial charge in [-0.25, -0.2) is 0 Å². The van der Waals surface area contributed by atoms with Crippen molar-refractivity contribution in [2.45, 2.75) is 20.8 Å². The van der Waals surface area contributed by atoms with Gasteiger partial charge in [-0.3, -0.25) is 0 Å². The van der Waals surface area contributed by atoms with Crippen LogP contribution < -0.4 is 17.2 Å². The Morgan fingerprint density at radius 1 is 0.667 bits per heavy atom.